The van der Waals surface area contributed by atoms with Crippen LogP contribution < -0.4 is 4.90 Å². The van der Waals surface area contributed by atoms with Crippen molar-refractivity contribution in [3.63, 3.8) is 0 Å². The first kappa shape index (κ1) is 14.3. The number of hydrogen-bond donors (Lipinski definition) is 1. The number of para-hydroxylation sites is 1. The van der Waals surface area contributed by atoms with Gasteiger partial charge < -0.3 is 10.0 Å². The van der Waals surface area contributed by atoms with Crippen LogP contribution in [0.5, 0.6) is 0 Å². The summed E-state index contributed by atoms with van der Waals surface area (Å²) < 4.78 is 0. The molecule has 1 amide bonds. The van der Waals surface area contributed by atoms with E-state index in [1.54, 1.807) is 11.0 Å². The molecule has 1 saturated heterocycles. The van der Waals surface area contributed by atoms with Gasteiger partial charge in [-0.25, -0.2) is 0 Å². The Labute approximate surface area is 118 Å². The predicted octanol–water partition coefficient (Wildman–Crippen LogP) is 1.76. The molecule has 1 heterocycles. The smallest absolute Gasteiger partial charge is 0.244 e. The highest BCUT2D eigenvalue weighted by atomic mass is 35.5. The first-order chi connectivity index (χ1) is 9.19. The highest BCUT2D eigenvalue weighted by molar-refractivity contribution is 6.33. The Morgan fingerprint density at radius 3 is 2.84 bits per heavy atom. The average Bonchev–Trinajstić information content (AvgIpc) is 2.78. The summed E-state index contributed by atoms with van der Waals surface area (Å²) in [5.74, 6) is 0.0726. The van der Waals surface area contributed by atoms with Crippen molar-refractivity contribution < 1.29 is 9.90 Å². The zero-order chi connectivity index (χ0) is 13.8. The van der Waals surface area contributed by atoms with E-state index in [4.69, 9.17) is 16.7 Å². The Bertz CT molecular complexity index is 453. The van der Waals surface area contributed by atoms with Crippen LogP contribution in [0.2, 0.25) is 5.02 Å². The van der Waals surface area contributed by atoms with Crippen LogP contribution in [0.25, 0.3) is 0 Å². The van der Waals surface area contributed by atoms with Crippen molar-refractivity contribution in [3.8, 4) is 0 Å². The summed E-state index contributed by atoms with van der Waals surface area (Å²) in [7, 11) is 0. The SMILES string of the molecule is CCN(CCO)C1CCN(c2ccccc2Cl)C1=O. The monoisotopic (exact) mass is 282 g/mol. The molecule has 1 atom stereocenters. The molecule has 1 unspecified atom stereocenters. The van der Waals surface area contributed by atoms with E-state index in [9.17, 15) is 4.79 Å². The fraction of sp³-hybridized carbons (Fsp3) is 0.500. The van der Waals surface area contributed by atoms with Gasteiger partial charge in [-0.15, -0.1) is 0 Å². The topological polar surface area (TPSA) is 43.8 Å². The normalized spacial score (nSPS) is 19.5. The maximum atomic E-state index is 12.5. The molecule has 0 aliphatic carbocycles. The van der Waals surface area contributed by atoms with Gasteiger partial charge in [-0.2, -0.15) is 0 Å². The molecule has 1 aliphatic rings. The summed E-state index contributed by atoms with van der Waals surface area (Å²) in [4.78, 5) is 16.2. The molecular weight excluding hydrogens is 264 g/mol. The number of halogens is 1. The van der Waals surface area contributed by atoms with Gasteiger partial charge in [0.15, 0.2) is 0 Å². The number of benzene rings is 1. The minimum Gasteiger partial charge on any atom is -0.395 e. The first-order valence-corrected chi connectivity index (χ1v) is 6.97. The maximum absolute atomic E-state index is 12.5. The molecule has 1 aromatic rings. The molecule has 1 fully saturated rings. The summed E-state index contributed by atoms with van der Waals surface area (Å²) in [6.45, 7) is 4.04. The second-order valence-electron chi connectivity index (χ2n) is 4.60. The zero-order valence-corrected chi connectivity index (χ0v) is 11.8. The third-order valence-electron chi connectivity index (χ3n) is 3.55. The van der Waals surface area contributed by atoms with E-state index in [1.165, 1.54) is 0 Å². The van der Waals surface area contributed by atoms with E-state index in [1.807, 2.05) is 30.0 Å². The Balaban J connectivity index is 2.16. The summed E-state index contributed by atoms with van der Waals surface area (Å²) in [5.41, 5.74) is 0.775. The second-order valence-corrected chi connectivity index (χ2v) is 5.01. The second kappa shape index (κ2) is 6.37. The average molecular weight is 283 g/mol. The number of rotatable bonds is 5. The fourth-order valence-electron chi connectivity index (χ4n) is 2.58. The Kier molecular flexibility index (Phi) is 4.80. The number of aliphatic hydroxyl groups is 1. The van der Waals surface area contributed by atoms with Crippen molar-refractivity contribution in [1.29, 1.82) is 0 Å². The molecule has 0 aromatic heterocycles. The van der Waals surface area contributed by atoms with E-state index >= 15 is 0 Å². The molecule has 104 valence electrons. The number of carbonyl (C=O) groups excluding carboxylic acids is 1. The van der Waals surface area contributed by atoms with Gasteiger partial charge in [-0.3, -0.25) is 9.69 Å². The molecule has 0 spiro atoms. The molecule has 0 bridgehead atoms. The van der Waals surface area contributed by atoms with Crippen LogP contribution in [-0.4, -0.2) is 48.2 Å². The van der Waals surface area contributed by atoms with E-state index in [0.717, 1.165) is 18.7 Å². The highest BCUT2D eigenvalue weighted by Crippen LogP contribution is 2.30. The van der Waals surface area contributed by atoms with Crippen LogP contribution in [-0.2, 0) is 4.79 Å². The third kappa shape index (κ3) is 2.91. The fourth-order valence-corrected chi connectivity index (χ4v) is 2.81. The van der Waals surface area contributed by atoms with Gasteiger partial charge in [-0.1, -0.05) is 30.7 Å². The van der Waals surface area contributed by atoms with E-state index < -0.39 is 0 Å². The number of carbonyl (C=O) groups is 1. The molecular formula is C14H19ClN2O2. The van der Waals surface area contributed by atoms with Crippen molar-refractivity contribution in [2.24, 2.45) is 0 Å². The molecule has 1 aliphatic heterocycles. The minimum atomic E-state index is -0.145. The lowest BCUT2D eigenvalue weighted by Gasteiger charge is -2.26. The molecule has 0 radical (unpaired) electrons. The summed E-state index contributed by atoms with van der Waals surface area (Å²) in [6.07, 6.45) is 0.776. The van der Waals surface area contributed by atoms with Crippen molar-refractivity contribution in [3.05, 3.63) is 29.3 Å². The van der Waals surface area contributed by atoms with Crippen LogP contribution in [0.1, 0.15) is 13.3 Å². The molecule has 1 aromatic carbocycles. The van der Waals surface area contributed by atoms with Crippen LogP contribution in [0.4, 0.5) is 5.69 Å². The Hall–Kier alpha value is -1.10. The quantitative estimate of drug-likeness (QED) is 0.895. The van der Waals surface area contributed by atoms with Gasteiger partial charge in [0.05, 0.1) is 23.4 Å². The largest absolute Gasteiger partial charge is 0.395 e. The van der Waals surface area contributed by atoms with Gasteiger partial charge >= 0.3 is 0 Å². The van der Waals surface area contributed by atoms with E-state index in [-0.39, 0.29) is 18.6 Å². The van der Waals surface area contributed by atoms with Crippen LogP contribution in [0.3, 0.4) is 0 Å². The summed E-state index contributed by atoms with van der Waals surface area (Å²) in [6, 6.07) is 7.25. The van der Waals surface area contributed by atoms with Crippen molar-refractivity contribution >= 4 is 23.2 Å². The Morgan fingerprint density at radius 2 is 2.21 bits per heavy atom. The van der Waals surface area contributed by atoms with Crippen LogP contribution in [0, 0.1) is 0 Å². The summed E-state index contributed by atoms with van der Waals surface area (Å²) in [5, 5.41) is 9.65. The standard InChI is InChI=1S/C14H19ClN2O2/c1-2-16(9-10-18)13-7-8-17(14(13)19)12-6-4-3-5-11(12)15/h3-6,13,18H,2,7-10H2,1H3. The lowest BCUT2D eigenvalue weighted by Crippen LogP contribution is -2.43. The van der Waals surface area contributed by atoms with Gasteiger partial charge in [0, 0.05) is 13.1 Å². The molecule has 1 N–H and O–H groups in total. The van der Waals surface area contributed by atoms with Gasteiger partial charge in [-0.05, 0) is 25.1 Å². The van der Waals surface area contributed by atoms with Crippen LogP contribution >= 0.6 is 11.6 Å². The Morgan fingerprint density at radius 1 is 1.47 bits per heavy atom. The number of likely N-dealkylation sites (N-methyl/N-ethyl adjacent to an activating group) is 1. The van der Waals surface area contributed by atoms with Crippen LogP contribution in [0.15, 0.2) is 24.3 Å². The molecule has 19 heavy (non-hydrogen) atoms. The lowest BCUT2D eigenvalue weighted by atomic mass is 10.2. The molecule has 5 heteroatoms. The van der Waals surface area contributed by atoms with E-state index in [0.29, 0.717) is 18.1 Å². The number of amides is 1. The predicted molar refractivity (Wildman–Crippen MR) is 76.5 cm³/mol. The maximum Gasteiger partial charge on any atom is 0.244 e. The minimum absolute atomic E-state index is 0.0726. The zero-order valence-electron chi connectivity index (χ0n) is 11.1. The van der Waals surface area contributed by atoms with Gasteiger partial charge in [0.25, 0.3) is 0 Å². The third-order valence-corrected chi connectivity index (χ3v) is 3.87. The highest BCUT2D eigenvalue weighted by Gasteiger charge is 2.36. The molecule has 0 saturated carbocycles. The summed E-state index contributed by atoms with van der Waals surface area (Å²) >= 11 is 6.14. The first-order valence-electron chi connectivity index (χ1n) is 6.59. The number of nitrogens with zero attached hydrogens (tertiary/aromatic N) is 2. The molecule has 4 nitrogen and oxygen atoms in total. The van der Waals surface area contributed by atoms with Crippen molar-refractivity contribution in [1.82, 2.24) is 4.90 Å². The van der Waals surface area contributed by atoms with Crippen molar-refractivity contribution in [2.75, 3.05) is 31.1 Å². The number of aliphatic hydroxyl groups excluding tert-OH is 1. The van der Waals surface area contributed by atoms with E-state index in [2.05, 4.69) is 0 Å². The lowest BCUT2D eigenvalue weighted by molar-refractivity contribution is -0.121. The van der Waals surface area contributed by atoms with Gasteiger partial charge in [0.1, 0.15) is 0 Å². The molecule has 2 rings (SSSR count). The number of anilines is 1. The van der Waals surface area contributed by atoms with Gasteiger partial charge in [0.2, 0.25) is 5.91 Å². The number of hydrogen-bond acceptors (Lipinski definition) is 3. The van der Waals surface area contributed by atoms with Crippen molar-refractivity contribution in [2.45, 2.75) is 19.4 Å².